The molecule has 2 rings (SSSR count). The van der Waals surface area contributed by atoms with Crippen molar-refractivity contribution in [3.63, 3.8) is 0 Å². The summed E-state index contributed by atoms with van der Waals surface area (Å²) >= 11 is 0. The molecule has 0 unspecified atom stereocenters. The first-order valence-corrected chi connectivity index (χ1v) is 5.36. The van der Waals surface area contributed by atoms with Crippen LogP contribution in [0.4, 0.5) is 5.95 Å². The SMILES string of the molecule is COC1CCN(c2ncc(C)cn2)CC1. The summed E-state index contributed by atoms with van der Waals surface area (Å²) in [5.74, 6) is 0.843. The molecule has 4 nitrogen and oxygen atoms in total. The fourth-order valence-electron chi connectivity index (χ4n) is 1.84. The molecule has 1 saturated heterocycles. The van der Waals surface area contributed by atoms with Crippen LogP contribution in [0.1, 0.15) is 18.4 Å². The average molecular weight is 207 g/mol. The Morgan fingerprint density at radius 2 is 1.87 bits per heavy atom. The molecule has 1 aliphatic rings. The standard InChI is InChI=1S/C11H17N3O/c1-9-7-12-11(13-8-9)14-5-3-10(15-2)4-6-14/h7-8,10H,3-6H2,1-2H3. The molecule has 82 valence electrons. The largest absolute Gasteiger partial charge is 0.381 e. The molecule has 2 heterocycles. The molecule has 0 N–H and O–H groups in total. The zero-order valence-corrected chi connectivity index (χ0v) is 9.31. The molecule has 1 aromatic heterocycles. The maximum absolute atomic E-state index is 5.33. The van der Waals surface area contributed by atoms with E-state index in [4.69, 9.17) is 4.74 Å². The zero-order valence-electron chi connectivity index (χ0n) is 9.31. The lowest BCUT2D eigenvalue weighted by Gasteiger charge is -2.31. The van der Waals surface area contributed by atoms with E-state index in [1.54, 1.807) is 7.11 Å². The summed E-state index contributed by atoms with van der Waals surface area (Å²) < 4.78 is 5.33. The summed E-state index contributed by atoms with van der Waals surface area (Å²) in [6.07, 6.45) is 6.27. The van der Waals surface area contributed by atoms with E-state index in [0.717, 1.165) is 37.4 Å². The van der Waals surface area contributed by atoms with Gasteiger partial charge in [-0.05, 0) is 25.3 Å². The minimum absolute atomic E-state index is 0.409. The van der Waals surface area contributed by atoms with Crippen LogP contribution in [0.3, 0.4) is 0 Å². The second kappa shape index (κ2) is 4.57. The van der Waals surface area contributed by atoms with Gasteiger partial charge in [0.15, 0.2) is 0 Å². The summed E-state index contributed by atoms with van der Waals surface area (Å²) in [4.78, 5) is 10.9. The Kier molecular flexibility index (Phi) is 3.16. The van der Waals surface area contributed by atoms with Crippen LogP contribution in [0.2, 0.25) is 0 Å². The maximum atomic E-state index is 5.33. The van der Waals surface area contributed by atoms with Crippen molar-refractivity contribution in [3.8, 4) is 0 Å². The molecular weight excluding hydrogens is 190 g/mol. The first kappa shape index (κ1) is 10.4. The molecule has 0 spiro atoms. The molecular formula is C11H17N3O. The predicted molar refractivity (Wildman–Crippen MR) is 59.0 cm³/mol. The molecule has 0 radical (unpaired) electrons. The number of hydrogen-bond donors (Lipinski definition) is 0. The molecule has 4 heteroatoms. The molecule has 0 bridgehead atoms. The predicted octanol–water partition coefficient (Wildman–Crippen LogP) is 1.40. The summed E-state index contributed by atoms with van der Waals surface area (Å²) in [6, 6.07) is 0. The van der Waals surface area contributed by atoms with Crippen molar-refractivity contribution < 1.29 is 4.74 Å². The second-order valence-corrected chi connectivity index (χ2v) is 3.98. The van der Waals surface area contributed by atoms with E-state index >= 15 is 0 Å². The molecule has 1 aromatic rings. The van der Waals surface area contributed by atoms with Gasteiger partial charge in [-0.25, -0.2) is 9.97 Å². The Balaban J connectivity index is 1.98. The maximum Gasteiger partial charge on any atom is 0.225 e. The number of aryl methyl sites for hydroxylation is 1. The van der Waals surface area contributed by atoms with E-state index in [0.29, 0.717) is 6.10 Å². The van der Waals surface area contributed by atoms with Gasteiger partial charge in [0.25, 0.3) is 0 Å². The number of hydrogen-bond acceptors (Lipinski definition) is 4. The van der Waals surface area contributed by atoms with Crippen molar-refractivity contribution in [2.75, 3.05) is 25.1 Å². The van der Waals surface area contributed by atoms with E-state index < -0.39 is 0 Å². The van der Waals surface area contributed by atoms with Gasteiger partial charge in [-0.2, -0.15) is 0 Å². The first-order valence-electron chi connectivity index (χ1n) is 5.36. The fraction of sp³-hybridized carbons (Fsp3) is 0.636. The average Bonchev–Trinajstić information content (AvgIpc) is 2.30. The molecule has 0 aromatic carbocycles. The highest BCUT2D eigenvalue weighted by atomic mass is 16.5. The van der Waals surface area contributed by atoms with Crippen molar-refractivity contribution in [2.45, 2.75) is 25.9 Å². The van der Waals surface area contributed by atoms with E-state index in [1.165, 1.54) is 0 Å². The third-order valence-corrected chi connectivity index (χ3v) is 2.83. The Morgan fingerprint density at radius 1 is 1.27 bits per heavy atom. The lowest BCUT2D eigenvalue weighted by molar-refractivity contribution is 0.0816. The Morgan fingerprint density at radius 3 is 2.40 bits per heavy atom. The lowest BCUT2D eigenvalue weighted by atomic mass is 10.1. The summed E-state index contributed by atoms with van der Waals surface area (Å²) in [7, 11) is 1.78. The van der Waals surface area contributed by atoms with Crippen LogP contribution in [0.15, 0.2) is 12.4 Å². The van der Waals surface area contributed by atoms with E-state index in [-0.39, 0.29) is 0 Å². The van der Waals surface area contributed by atoms with E-state index in [1.807, 2.05) is 19.3 Å². The highest BCUT2D eigenvalue weighted by molar-refractivity contribution is 5.30. The topological polar surface area (TPSA) is 38.2 Å². The third kappa shape index (κ3) is 2.45. The molecule has 15 heavy (non-hydrogen) atoms. The second-order valence-electron chi connectivity index (χ2n) is 3.98. The van der Waals surface area contributed by atoms with Crippen molar-refractivity contribution in [3.05, 3.63) is 18.0 Å². The van der Waals surface area contributed by atoms with Gasteiger partial charge in [-0.1, -0.05) is 0 Å². The molecule has 0 saturated carbocycles. The fourth-order valence-corrected chi connectivity index (χ4v) is 1.84. The molecule has 0 aliphatic carbocycles. The number of piperidine rings is 1. The summed E-state index contributed by atoms with van der Waals surface area (Å²) in [5.41, 5.74) is 1.10. The van der Waals surface area contributed by atoms with Gasteiger partial charge in [-0.15, -0.1) is 0 Å². The summed E-state index contributed by atoms with van der Waals surface area (Å²) in [6.45, 7) is 3.98. The molecule has 1 aliphatic heterocycles. The lowest BCUT2D eigenvalue weighted by Crippen LogP contribution is -2.37. The quantitative estimate of drug-likeness (QED) is 0.734. The highest BCUT2D eigenvalue weighted by Crippen LogP contribution is 2.17. The van der Waals surface area contributed by atoms with E-state index in [2.05, 4.69) is 14.9 Å². The van der Waals surface area contributed by atoms with Gasteiger partial charge in [0.1, 0.15) is 0 Å². The van der Waals surface area contributed by atoms with Gasteiger partial charge in [0.05, 0.1) is 6.10 Å². The number of rotatable bonds is 2. The zero-order chi connectivity index (χ0) is 10.7. The Labute approximate surface area is 90.3 Å². The highest BCUT2D eigenvalue weighted by Gasteiger charge is 2.19. The Hall–Kier alpha value is -1.16. The molecule has 0 atom stereocenters. The van der Waals surface area contributed by atoms with Crippen LogP contribution < -0.4 is 4.90 Å². The monoisotopic (exact) mass is 207 g/mol. The minimum atomic E-state index is 0.409. The van der Waals surface area contributed by atoms with Crippen LogP contribution >= 0.6 is 0 Å². The summed E-state index contributed by atoms with van der Waals surface area (Å²) in [5, 5.41) is 0. The van der Waals surface area contributed by atoms with E-state index in [9.17, 15) is 0 Å². The number of nitrogens with zero attached hydrogens (tertiary/aromatic N) is 3. The van der Waals surface area contributed by atoms with Crippen molar-refractivity contribution in [1.82, 2.24) is 9.97 Å². The van der Waals surface area contributed by atoms with Gasteiger partial charge in [0, 0.05) is 32.6 Å². The van der Waals surface area contributed by atoms with Crippen molar-refractivity contribution in [1.29, 1.82) is 0 Å². The van der Waals surface area contributed by atoms with Crippen LogP contribution in [0.5, 0.6) is 0 Å². The van der Waals surface area contributed by atoms with Gasteiger partial charge in [-0.3, -0.25) is 0 Å². The normalized spacial score (nSPS) is 18.1. The van der Waals surface area contributed by atoms with Crippen LogP contribution in [-0.2, 0) is 4.74 Å². The smallest absolute Gasteiger partial charge is 0.225 e. The van der Waals surface area contributed by atoms with Gasteiger partial charge in [0.2, 0.25) is 5.95 Å². The van der Waals surface area contributed by atoms with Crippen molar-refractivity contribution >= 4 is 5.95 Å². The van der Waals surface area contributed by atoms with Gasteiger partial charge >= 0.3 is 0 Å². The van der Waals surface area contributed by atoms with Gasteiger partial charge < -0.3 is 9.64 Å². The number of methoxy groups -OCH3 is 1. The number of ether oxygens (including phenoxy) is 1. The van der Waals surface area contributed by atoms with Crippen LogP contribution in [0.25, 0.3) is 0 Å². The van der Waals surface area contributed by atoms with Crippen LogP contribution in [-0.4, -0.2) is 36.3 Å². The first-order chi connectivity index (χ1) is 7.29. The third-order valence-electron chi connectivity index (χ3n) is 2.83. The van der Waals surface area contributed by atoms with Crippen LogP contribution in [0, 0.1) is 6.92 Å². The molecule has 0 amide bonds. The Bertz CT molecular complexity index is 304. The molecule has 1 fully saturated rings. The number of aromatic nitrogens is 2. The van der Waals surface area contributed by atoms with Crippen molar-refractivity contribution in [2.24, 2.45) is 0 Å². The minimum Gasteiger partial charge on any atom is -0.381 e. The number of anilines is 1.